The molecule has 1 aliphatic heterocycles. The Kier molecular flexibility index (Phi) is 2.87. The van der Waals surface area contributed by atoms with Crippen LogP contribution in [0, 0.1) is 0 Å². The Morgan fingerprint density at radius 3 is 3.00 bits per heavy atom. The molecule has 0 unspecified atom stereocenters. The van der Waals surface area contributed by atoms with Gasteiger partial charge in [0.05, 0.1) is 12.2 Å². The lowest BCUT2D eigenvalue weighted by molar-refractivity contribution is -0.114. The summed E-state index contributed by atoms with van der Waals surface area (Å²) >= 11 is 0. The second-order valence-electron chi connectivity index (χ2n) is 3.41. The highest BCUT2D eigenvalue weighted by atomic mass is 16.7. The van der Waals surface area contributed by atoms with Crippen molar-refractivity contribution in [3.05, 3.63) is 29.3 Å². The van der Waals surface area contributed by atoms with E-state index < -0.39 is 5.97 Å². The molecule has 0 spiro atoms. The van der Waals surface area contributed by atoms with Gasteiger partial charge in [0, 0.05) is 18.2 Å². The monoisotopic (exact) mass is 221 g/mol. The van der Waals surface area contributed by atoms with Crippen LogP contribution in [-0.4, -0.2) is 18.7 Å². The molecule has 2 rings (SSSR count). The topological polar surface area (TPSA) is 64.6 Å². The van der Waals surface area contributed by atoms with Gasteiger partial charge in [-0.15, -0.1) is 0 Å². The Morgan fingerprint density at radius 2 is 2.25 bits per heavy atom. The first kappa shape index (κ1) is 10.6. The largest absolute Gasteiger partial charge is 0.435 e. The highest BCUT2D eigenvalue weighted by molar-refractivity contribution is 5.96. The number of carbonyl (C=O) groups excluding carboxylic acids is 2. The maximum atomic E-state index is 11.5. The van der Waals surface area contributed by atoms with Crippen LogP contribution < -0.4 is 5.32 Å². The van der Waals surface area contributed by atoms with Crippen molar-refractivity contribution in [3.63, 3.8) is 0 Å². The predicted octanol–water partition coefficient (Wildman–Crippen LogP) is 1.29. The van der Waals surface area contributed by atoms with E-state index in [9.17, 15) is 9.59 Å². The Morgan fingerprint density at radius 1 is 1.44 bits per heavy atom. The third kappa shape index (κ3) is 2.04. The maximum absolute atomic E-state index is 11.5. The first-order chi connectivity index (χ1) is 7.68. The molecule has 16 heavy (non-hydrogen) atoms. The lowest BCUT2D eigenvalue weighted by Gasteiger charge is -2.09. The van der Waals surface area contributed by atoms with Gasteiger partial charge in [-0.25, -0.2) is 4.79 Å². The summed E-state index contributed by atoms with van der Waals surface area (Å²) in [6.07, 6.45) is 0. The predicted molar refractivity (Wildman–Crippen MR) is 55.8 cm³/mol. The number of rotatable bonds is 1. The molecule has 0 aliphatic carbocycles. The molecule has 1 aliphatic rings. The van der Waals surface area contributed by atoms with E-state index in [0.29, 0.717) is 16.8 Å². The van der Waals surface area contributed by atoms with Gasteiger partial charge in [-0.3, -0.25) is 4.79 Å². The summed E-state index contributed by atoms with van der Waals surface area (Å²) in [5, 5.41) is 2.65. The van der Waals surface area contributed by atoms with Crippen LogP contribution in [0.15, 0.2) is 18.2 Å². The number of anilines is 1. The number of cyclic esters (lactones) is 1. The summed E-state index contributed by atoms with van der Waals surface area (Å²) in [4.78, 5) is 22.5. The zero-order valence-corrected chi connectivity index (χ0v) is 8.78. The van der Waals surface area contributed by atoms with Crippen molar-refractivity contribution < 1.29 is 19.1 Å². The molecule has 0 atom stereocenters. The first-order valence-electron chi connectivity index (χ1n) is 4.83. The van der Waals surface area contributed by atoms with Crippen molar-refractivity contribution in [2.24, 2.45) is 0 Å². The zero-order valence-electron chi connectivity index (χ0n) is 8.78. The number of amides is 1. The van der Waals surface area contributed by atoms with E-state index >= 15 is 0 Å². The fourth-order valence-corrected chi connectivity index (χ4v) is 1.56. The summed E-state index contributed by atoms with van der Waals surface area (Å²) in [7, 11) is 0. The Bertz CT molecular complexity index is 442. The van der Waals surface area contributed by atoms with Crippen LogP contribution in [-0.2, 0) is 20.9 Å². The highest BCUT2D eigenvalue weighted by Gasteiger charge is 2.19. The Labute approximate surface area is 92.4 Å². The van der Waals surface area contributed by atoms with Crippen molar-refractivity contribution in [3.8, 4) is 0 Å². The quantitative estimate of drug-likeness (QED) is 0.726. The molecule has 1 heterocycles. The number of fused-ring (bicyclic) bond motifs is 1. The average Bonchev–Trinajstić information content (AvgIpc) is 2.41. The van der Waals surface area contributed by atoms with Gasteiger partial charge >= 0.3 is 5.97 Å². The molecule has 1 amide bonds. The van der Waals surface area contributed by atoms with Crippen LogP contribution in [0.1, 0.15) is 22.8 Å². The molecule has 0 radical (unpaired) electrons. The molecule has 84 valence electrons. The van der Waals surface area contributed by atoms with E-state index in [2.05, 4.69) is 5.32 Å². The summed E-state index contributed by atoms with van der Waals surface area (Å²) in [5.41, 5.74) is 1.67. The van der Waals surface area contributed by atoms with Crippen molar-refractivity contribution in [2.45, 2.75) is 13.5 Å². The number of hydrogen-bond acceptors (Lipinski definition) is 4. The van der Waals surface area contributed by atoms with Crippen molar-refractivity contribution in [1.29, 1.82) is 0 Å². The summed E-state index contributed by atoms with van der Waals surface area (Å²) in [5.74, 6) is -0.620. The van der Waals surface area contributed by atoms with E-state index in [1.165, 1.54) is 6.92 Å². The van der Waals surface area contributed by atoms with Gasteiger partial charge in [-0.2, -0.15) is 0 Å². The van der Waals surface area contributed by atoms with E-state index in [4.69, 9.17) is 9.47 Å². The van der Waals surface area contributed by atoms with E-state index in [1.54, 1.807) is 18.2 Å². The van der Waals surface area contributed by atoms with Gasteiger partial charge in [0.15, 0.2) is 6.79 Å². The van der Waals surface area contributed by atoms with E-state index in [0.717, 1.165) is 0 Å². The van der Waals surface area contributed by atoms with Crippen LogP contribution in [0.5, 0.6) is 0 Å². The lowest BCUT2D eigenvalue weighted by atomic mass is 10.1. The Hall–Kier alpha value is -1.88. The smallest absolute Gasteiger partial charge is 0.340 e. The minimum atomic E-state index is -0.431. The van der Waals surface area contributed by atoms with Crippen LogP contribution in [0.2, 0.25) is 0 Å². The standard InChI is InChI=1S/C11H11NO4/c1-7(13)12-10-4-2-3-8-9(10)5-15-6-16-11(8)14/h2-4H,5-6H2,1H3,(H,12,13). The zero-order chi connectivity index (χ0) is 11.5. The van der Waals surface area contributed by atoms with Gasteiger partial charge in [-0.05, 0) is 12.1 Å². The fourth-order valence-electron chi connectivity index (χ4n) is 1.56. The average molecular weight is 221 g/mol. The van der Waals surface area contributed by atoms with Gasteiger partial charge in [-0.1, -0.05) is 6.07 Å². The summed E-state index contributed by atoms with van der Waals surface area (Å²) in [6, 6.07) is 5.07. The van der Waals surface area contributed by atoms with Crippen LogP contribution in [0.3, 0.4) is 0 Å². The number of esters is 1. The van der Waals surface area contributed by atoms with Crippen LogP contribution >= 0.6 is 0 Å². The molecular formula is C11H11NO4. The van der Waals surface area contributed by atoms with E-state index in [-0.39, 0.29) is 19.3 Å². The number of ether oxygens (including phenoxy) is 2. The highest BCUT2D eigenvalue weighted by Crippen LogP contribution is 2.23. The van der Waals surface area contributed by atoms with Gasteiger partial charge in [0.1, 0.15) is 0 Å². The van der Waals surface area contributed by atoms with Gasteiger partial charge in [0.2, 0.25) is 5.91 Å². The minimum Gasteiger partial charge on any atom is -0.435 e. The number of carbonyl (C=O) groups is 2. The number of nitrogens with one attached hydrogen (secondary N) is 1. The molecule has 5 heteroatoms. The molecule has 0 fully saturated rings. The lowest BCUT2D eigenvalue weighted by Crippen LogP contribution is -2.11. The second kappa shape index (κ2) is 4.32. The molecule has 1 aromatic carbocycles. The molecular weight excluding hydrogens is 210 g/mol. The SMILES string of the molecule is CC(=O)Nc1cccc2c1COCOC2=O. The van der Waals surface area contributed by atoms with Crippen molar-refractivity contribution in [1.82, 2.24) is 0 Å². The number of hydrogen-bond donors (Lipinski definition) is 1. The molecule has 5 nitrogen and oxygen atoms in total. The van der Waals surface area contributed by atoms with E-state index in [1.807, 2.05) is 0 Å². The van der Waals surface area contributed by atoms with Crippen LogP contribution in [0.4, 0.5) is 5.69 Å². The molecule has 0 aromatic heterocycles. The van der Waals surface area contributed by atoms with Gasteiger partial charge < -0.3 is 14.8 Å². The molecule has 0 bridgehead atoms. The second-order valence-corrected chi connectivity index (χ2v) is 3.41. The van der Waals surface area contributed by atoms with Crippen LogP contribution in [0.25, 0.3) is 0 Å². The first-order valence-corrected chi connectivity index (χ1v) is 4.83. The van der Waals surface area contributed by atoms with Crippen molar-refractivity contribution >= 4 is 17.6 Å². The third-order valence-electron chi connectivity index (χ3n) is 2.23. The summed E-state index contributed by atoms with van der Waals surface area (Å²) in [6.45, 7) is 1.60. The molecule has 1 aromatic rings. The fraction of sp³-hybridized carbons (Fsp3) is 0.273. The molecule has 1 N–H and O–H groups in total. The molecule has 0 saturated heterocycles. The Balaban J connectivity index is 2.44. The third-order valence-corrected chi connectivity index (χ3v) is 2.23. The molecule has 0 saturated carbocycles. The normalized spacial score (nSPS) is 14.7. The minimum absolute atomic E-state index is 0.0625. The summed E-state index contributed by atoms with van der Waals surface area (Å²) < 4.78 is 9.93. The van der Waals surface area contributed by atoms with Gasteiger partial charge in [0.25, 0.3) is 0 Å². The maximum Gasteiger partial charge on any atom is 0.340 e. The number of benzene rings is 1. The van der Waals surface area contributed by atoms with Crippen molar-refractivity contribution in [2.75, 3.05) is 12.1 Å².